The van der Waals surface area contributed by atoms with E-state index in [0.29, 0.717) is 17.5 Å². The van der Waals surface area contributed by atoms with Gasteiger partial charge in [0.2, 0.25) is 10.0 Å². The summed E-state index contributed by atoms with van der Waals surface area (Å²) in [5.74, 6) is 0. The van der Waals surface area contributed by atoms with E-state index < -0.39 is 10.0 Å². The van der Waals surface area contributed by atoms with Gasteiger partial charge in [-0.25, -0.2) is 17.9 Å². The van der Waals surface area contributed by atoms with E-state index in [9.17, 15) is 13.2 Å². The van der Waals surface area contributed by atoms with Crippen molar-refractivity contribution >= 4 is 21.1 Å². The Bertz CT molecular complexity index is 802. The minimum atomic E-state index is -3.56. The molecule has 20 heavy (non-hydrogen) atoms. The fourth-order valence-corrected chi connectivity index (χ4v) is 3.42. The van der Waals surface area contributed by atoms with E-state index in [4.69, 9.17) is 0 Å². The normalized spacial score (nSPS) is 13.8. The van der Waals surface area contributed by atoms with E-state index >= 15 is 0 Å². The molecule has 110 valence electrons. The Balaban J connectivity index is 2.58. The molecule has 0 radical (unpaired) electrons. The predicted molar refractivity (Wildman–Crippen MR) is 78.2 cm³/mol. The Morgan fingerprint density at radius 2 is 1.80 bits per heavy atom. The SMILES string of the molecule is CCC(C)NS(=O)(=O)c1ccc2c(c1)n(C)c(=O)n2C. The summed E-state index contributed by atoms with van der Waals surface area (Å²) in [6, 6.07) is 4.57. The lowest BCUT2D eigenvalue weighted by Gasteiger charge is -2.12. The van der Waals surface area contributed by atoms with Gasteiger partial charge in [0.1, 0.15) is 0 Å². The van der Waals surface area contributed by atoms with Crippen LogP contribution in [0.2, 0.25) is 0 Å². The average Bonchev–Trinajstić information content (AvgIpc) is 2.63. The summed E-state index contributed by atoms with van der Waals surface area (Å²) in [5.41, 5.74) is 1.13. The molecular weight excluding hydrogens is 278 g/mol. The van der Waals surface area contributed by atoms with Crippen LogP contribution in [0.25, 0.3) is 11.0 Å². The van der Waals surface area contributed by atoms with E-state index in [1.807, 2.05) is 13.8 Å². The molecule has 1 aromatic carbocycles. The predicted octanol–water partition coefficient (Wildman–Crippen LogP) is 0.954. The fourth-order valence-electron chi connectivity index (χ4n) is 2.07. The van der Waals surface area contributed by atoms with Gasteiger partial charge in [-0.2, -0.15) is 0 Å². The number of benzene rings is 1. The Morgan fingerprint density at radius 3 is 2.40 bits per heavy atom. The smallest absolute Gasteiger partial charge is 0.295 e. The van der Waals surface area contributed by atoms with Crippen LogP contribution in [0.1, 0.15) is 20.3 Å². The number of aryl methyl sites for hydroxylation is 2. The van der Waals surface area contributed by atoms with Crippen LogP contribution in [0.5, 0.6) is 0 Å². The van der Waals surface area contributed by atoms with Crippen molar-refractivity contribution in [2.75, 3.05) is 0 Å². The lowest BCUT2D eigenvalue weighted by molar-refractivity contribution is 0.556. The van der Waals surface area contributed by atoms with Crippen molar-refractivity contribution in [1.29, 1.82) is 0 Å². The summed E-state index contributed by atoms with van der Waals surface area (Å²) in [4.78, 5) is 12.0. The van der Waals surface area contributed by atoms with Crippen LogP contribution in [-0.4, -0.2) is 23.6 Å². The van der Waals surface area contributed by atoms with Crippen molar-refractivity contribution in [3.05, 3.63) is 28.7 Å². The zero-order valence-corrected chi connectivity index (χ0v) is 12.9. The molecule has 0 aliphatic carbocycles. The Labute approximate surface area is 118 Å². The molecule has 1 N–H and O–H groups in total. The molecule has 0 aliphatic heterocycles. The van der Waals surface area contributed by atoms with Gasteiger partial charge in [-0.15, -0.1) is 0 Å². The van der Waals surface area contributed by atoms with Crippen LogP contribution >= 0.6 is 0 Å². The van der Waals surface area contributed by atoms with Crippen LogP contribution in [0.15, 0.2) is 27.9 Å². The molecule has 6 nitrogen and oxygen atoms in total. The molecule has 1 unspecified atom stereocenters. The highest BCUT2D eigenvalue weighted by molar-refractivity contribution is 7.89. The van der Waals surface area contributed by atoms with Gasteiger partial charge in [-0.05, 0) is 31.5 Å². The van der Waals surface area contributed by atoms with Gasteiger partial charge in [0, 0.05) is 20.1 Å². The van der Waals surface area contributed by atoms with E-state index in [1.165, 1.54) is 21.3 Å². The number of aromatic nitrogens is 2. The second kappa shape index (κ2) is 5.06. The lowest BCUT2D eigenvalue weighted by Crippen LogP contribution is -2.32. The van der Waals surface area contributed by atoms with Crippen molar-refractivity contribution in [3.63, 3.8) is 0 Å². The highest BCUT2D eigenvalue weighted by Gasteiger charge is 2.18. The first kappa shape index (κ1) is 14.8. The molecule has 0 aliphatic rings. The lowest BCUT2D eigenvalue weighted by atomic mass is 10.3. The van der Waals surface area contributed by atoms with E-state index in [0.717, 1.165) is 0 Å². The zero-order valence-electron chi connectivity index (χ0n) is 12.0. The third kappa shape index (κ3) is 2.38. The van der Waals surface area contributed by atoms with Gasteiger partial charge in [0.25, 0.3) is 0 Å². The topological polar surface area (TPSA) is 73.1 Å². The Kier molecular flexibility index (Phi) is 3.75. The number of hydrogen-bond acceptors (Lipinski definition) is 3. The molecule has 2 rings (SSSR count). The summed E-state index contributed by atoms with van der Waals surface area (Å²) in [7, 11) is -0.267. The molecular formula is C13H19N3O3S. The maximum Gasteiger partial charge on any atom is 0.328 e. The summed E-state index contributed by atoms with van der Waals surface area (Å²) < 4.78 is 30.0. The van der Waals surface area contributed by atoms with Gasteiger partial charge in [0.05, 0.1) is 15.9 Å². The number of nitrogens with zero attached hydrogens (tertiary/aromatic N) is 2. The molecule has 1 heterocycles. The Morgan fingerprint density at radius 1 is 1.20 bits per heavy atom. The molecule has 0 bridgehead atoms. The molecule has 0 spiro atoms. The molecule has 0 saturated heterocycles. The summed E-state index contributed by atoms with van der Waals surface area (Å²) in [5, 5.41) is 0. The average molecular weight is 297 g/mol. The van der Waals surface area contributed by atoms with Gasteiger partial charge >= 0.3 is 5.69 Å². The minimum Gasteiger partial charge on any atom is -0.295 e. The van der Waals surface area contributed by atoms with Crippen LogP contribution in [0, 0.1) is 0 Å². The van der Waals surface area contributed by atoms with Crippen molar-refractivity contribution in [2.24, 2.45) is 14.1 Å². The van der Waals surface area contributed by atoms with Gasteiger partial charge in [-0.1, -0.05) is 6.92 Å². The van der Waals surface area contributed by atoms with E-state index in [2.05, 4.69) is 4.72 Å². The maximum atomic E-state index is 12.2. The zero-order chi connectivity index (χ0) is 15.1. The van der Waals surface area contributed by atoms with Gasteiger partial charge < -0.3 is 0 Å². The molecule has 0 saturated carbocycles. The standard InChI is InChI=1S/C13H19N3O3S/c1-5-9(2)14-20(18,19)10-6-7-11-12(8-10)16(4)13(17)15(11)3/h6-9,14H,5H2,1-4H3. The number of rotatable bonds is 4. The van der Waals surface area contributed by atoms with Crippen LogP contribution in [0.4, 0.5) is 0 Å². The molecule has 0 fully saturated rings. The first-order chi connectivity index (χ1) is 9.27. The van der Waals surface area contributed by atoms with Crippen LogP contribution in [-0.2, 0) is 24.1 Å². The second-order valence-corrected chi connectivity index (χ2v) is 6.70. The van der Waals surface area contributed by atoms with E-state index in [-0.39, 0.29) is 16.6 Å². The largest absolute Gasteiger partial charge is 0.328 e. The second-order valence-electron chi connectivity index (χ2n) is 4.98. The number of fused-ring (bicyclic) bond motifs is 1. The third-order valence-corrected chi connectivity index (χ3v) is 5.11. The van der Waals surface area contributed by atoms with Crippen molar-refractivity contribution in [1.82, 2.24) is 13.9 Å². The summed E-state index contributed by atoms with van der Waals surface area (Å²) >= 11 is 0. The number of imidazole rings is 1. The number of nitrogens with one attached hydrogen (secondary N) is 1. The molecule has 1 aromatic heterocycles. The summed E-state index contributed by atoms with van der Waals surface area (Å²) in [6.07, 6.45) is 0.714. The van der Waals surface area contributed by atoms with Gasteiger partial charge in [0.15, 0.2) is 0 Å². The Hall–Kier alpha value is -1.60. The monoisotopic (exact) mass is 297 g/mol. The maximum absolute atomic E-state index is 12.2. The molecule has 0 amide bonds. The first-order valence-electron chi connectivity index (χ1n) is 6.45. The highest BCUT2D eigenvalue weighted by Crippen LogP contribution is 2.18. The van der Waals surface area contributed by atoms with E-state index in [1.54, 1.807) is 20.2 Å². The minimum absolute atomic E-state index is 0.129. The third-order valence-electron chi connectivity index (χ3n) is 3.52. The molecule has 7 heteroatoms. The van der Waals surface area contributed by atoms with Crippen molar-refractivity contribution in [2.45, 2.75) is 31.2 Å². The van der Waals surface area contributed by atoms with Crippen LogP contribution in [0.3, 0.4) is 0 Å². The molecule has 2 aromatic rings. The quantitative estimate of drug-likeness (QED) is 0.913. The van der Waals surface area contributed by atoms with Crippen molar-refractivity contribution in [3.8, 4) is 0 Å². The highest BCUT2D eigenvalue weighted by atomic mass is 32.2. The first-order valence-corrected chi connectivity index (χ1v) is 7.94. The fraction of sp³-hybridized carbons (Fsp3) is 0.462. The number of sulfonamides is 1. The number of hydrogen-bond donors (Lipinski definition) is 1. The molecule has 1 atom stereocenters. The van der Waals surface area contributed by atoms with Gasteiger partial charge in [-0.3, -0.25) is 9.13 Å². The summed E-state index contributed by atoms with van der Waals surface area (Å²) in [6.45, 7) is 3.73. The van der Waals surface area contributed by atoms with Crippen LogP contribution < -0.4 is 10.4 Å². The van der Waals surface area contributed by atoms with Crippen molar-refractivity contribution < 1.29 is 8.42 Å².